The molecule has 4 aromatic rings. The van der Waals surface area contributed by atoms with Crippen molar-refractivity contribution >= 4 is 33.6 Å². The third-order valence-corrected chi connectivity index (χ3v) is 4.58. The van der Waals surface area contributed by atoms with Crippen LogP contribution in [0.4, 0.5) is 0 Å². The van der Waals surface area contributed by atoms with Crippen LogP contribution in [0.5, 0.6) is 0 Å². The predicted molar refractivity (Wildman–Crippen MR) is 94.8 cm³/mol. The predicted octanol–water partition coefficient (Wildman–Crippen LogP) is 2.47. The molecule has 1 aliphatic heterocycles. The lowest BCUT2D eigenvalue weighted by Gasteiger charge is -2.26. The molecule has 124 valence electrons. The minimum atomic E-state index is -0.129. The van der Waals surface area contributed by atoms with Crippen molar-refractivity contribution in [1.82, 2.24) is 19.7 Å². The molecular weight excluding hydrogens is 316 g/mol. The number of rotatable bonds is 2. The van der Waals surface area contributed by atoms with E-state index in [4.69, 9.17) is 9.72 Å². The monoisotopic (exact) mass is 332 g/mol. The van der Waals surface area contributed by atoms with Crippen molar-refractivity contribution in [3.63, 3.8) is 0 Å². The molecule has 0 spiro atoms. The summed E-state index contributed by atoms with van der Waals surface area (Å²) in [5.74, 6) is -0.129. The first-order valence-corrected chi connectivity index (χ1v) is 8.27. The number of hydrogen-bond acceptors (Lipinski definition) is 4. The summed E-state index contributed by atoms with van der Waals surface area (Å²) in [5, 5.41) is 3.92. The Morgan fingerprint density at radius 3 is 2.80 bits per heavy atom. The summed E-state index contributed by atoms with van der Waals surface area (Å²) in [7, 11) is 0. The van der Waals surface area contributed by atoms with Gasteiger partial charge in [-0.3, -0.25) is 9.20 Å². The highest BCUT2D eigenvalue weighted by molar-refractivity contribution is 6.05. The molecular formula is C19H16N4O2. The second-order valence-corrected chi connectivity index (χ2v) is 6.39. The standard InChI is InChI=1S/C19H16N4O2/c1-11-6-7-12-8-14(19(24)21-13-9-25-10-13)18-22-15-4-2-3-5-16(15)23(18)17(12)20-11/h2-8,13H,9-10H2,1H3,(H,21,24). The van der Waals surface area contributed by atoms with E-state index in [-0.39, 0.29) is 11.9 Å². The molecule has 1 saturated heterocycles. The first-order chi connectivity index (χ1) is 12.2. The maximum atomic E-state index is 12.8. The van der Waals surface area contributed by atoms with E-state index in [9.17, 15) is 4.79 Å². The van der Waals surface area contributed by atoms with Gasteiger partial charge in [-0.15, -0.1) is 0 Å². The fraction of sp³-hybridized carbons (Fsp3) is 0.211. The molecule has 0 saturated carbocycles. The van der Waals surface area contributed by atoms with Gasteiger partial charge in [-0.2, -0.15) is 0 Å². The molecule has 1 aromatic carbocycles. The lowest BCUT2D eigenvalue weighted by molar-refractivity contribution is -0.00344. The number of aromatic nitrogens is 3. The van der Waals surface area contributed by atoms with E-state index in [1.54, 1.807) is 0 Å². The number of benzene rings is 1. The molecule has 1 amide bonds. The van der Waals surface area contributed by atoms with Crippen molar-refractivity contribution in [3.05, 3.63) is 53.7 Å². The Labute approximate surface area is 143 Å². The number of imidazole rings is 1. The van der Waals surface area contributed by atoms with Crippen LogP contribution in [0.2, 0.25) is 0 Å². The van der Waals surface area contributed by atoms with Gasteiger partial charge in [0, 0.05) is 11.1 Å². The molecule has 4 heterocycles. The van der Waals surface area contributed by atoms with Crippen LogP contribution in [0.15, 0.2) is 42.5 Å². The smallest absolute Gasteiger partial charge is 0.255 e. The molecule has 0 unspecified atom stereocenters. The SMILES string of the molecule is Cc1ccc2cc(C(=O)NC3COC3)c3nc4ccccc4n3c2n1. The second kappa shape index (κ2) is 5.26. The Hall–Kier alpha value is -2.99. The number of para-hydroxylation sites is 2. The molecule has 6 nitrogen and oxygen atoms in total. The van der Waals surface area contributed by atoms with E-state index < -0.39 is 0 Å². The van der Waals surface area contributed by atoms with Crippen LogP contribution in [0.3, 0.4) is 0 Å². The zero-order chi connectivity index (χ0) is 17.0. The lowest BCUT2D eigenvalue weighted by atomic mass is 10.1. The normalized spacial score (nSPS) is 14.9. The Morgan fingerprint density at radius 2 is 2.00 bits per heavy atom. The number of aryl methyl sites for hydroxylation is 1. The van der Waals surface area contributed by atoms with Crippen LogP contribution in [0.1, 0.15) is 16.1 Å². The van der Waals surface area contributed by atoms with E-state index in [1.807, 2.05) is 53.8 Å². The van der Waals surface area contributed by atoms with E-state index in [2.05, 4.69) is 10.3 Å². The van der Waals surface area contributed by atoms with Gasteiger partial charge in [0.25, 0.3) is 5.91 Å². The minimum absolute atomic E-state index is 0.0729. The van der Waals surface area contributed by atoms with Crippen LogP contribution in [-0.2, 0) is 4.74 Å². The molecule has 5 rings (SSSR count). The number of pyridine rings is 2. The summed E-state index contributed by atoms with van der Waals surface area (Å²) in [6.45, 7) is 3.08. The molecule has 0 radical (unpaired) electrons. The first-order valence-electron chi connectivity index (χ1n) is 8.27. The van der Waals surface area contributed by atoms with Crippen LogP contribution in [-0.4, -0.2) is 39.5 Å². The number of ether oxygens (including phenoxy) is 1. The molecule has 0 aliphatic carbocycles. The third kappa shape index (κ3) is 2.18. The number of nitrogens with zero attached hydrogens (tertiary/aromatic N) is 3. The second-order valence-electron chi connectivity index (χ2n) is 6.39. The number of carbonyl (C=O) groups is 1. The summed E-state index contributed by atoms with van der Waals surface area (Å²) in [6.07, 6.45) is 0. The molecule has 1 aliphatic rings. The van der Waals surface area contributed by atoms with Gasteiger partial charge in [-0.1, -0.05) is 12.1 Å². The number of nitrogens with one attached hydrogen (secondary N) is 1. The highest BCUT2D eigenvalue weighted by Gasteiger charge is 2.24. The minimum Gasteiger partial charge on any atom is -0.377 e. The summed E-state index contributed by atoms with van der Waals surface area (Å²) in [6, 6.07) is 13.8. The topological polar surface area (TPSA) is 68.5 Å². The quantitative estimate of drug-likeness (QED) is 0.612. The third-order valence-electron chi connectivity index (χ3n) is 4.58. The Balaban J connectivity index is 1.84. The average molecular weight is 332 g/mol. The zero-order valence-corrected chi connectivity index (χ0v) is 13.7. The van der Waals surface area contributed by atoms with Crippen molar-refractivity contribution < 1.29 is 9.53 Å². The number of amides is 1. The van der Waals surface area contributed by atoms with Gasteiger partial charge in [-0.05, 0) is 37.3 Å². The molecule has 6 heteroatoms. The maximum absolute atomic E-state index is 12.8. The average Bonchev–Trinajstić information content (AvgIpc) is 2.97. The molecule has 1 fully saturated rings. The van der Waals surface area contributed by atoms with Crippen molar-refractivity contribution in [2.45, 2.75) is 13.0 Å². The molecule has 25 heavy (non-hydrogen) atoms. The van der Waals surface area contributed by atoms with Crippen molar-refractivity contribution in [1.29, 1.82) is 0 Å². The van der Waals surface area contributed by atoms with E-state index in [1.165, 1.54) is 0 Å². The number of fused-ring (bicyclic) bond motifs is 5. The van der Waals surface area contributed by atoms with Crippen molar-refractivity contribution in [3.8, 4) is 0 Å². The van der Waals surface area contributed by atoms with Gasteiger partial charge >= 0.3 is 0 Å². The summed E-state index contributed by atoms with van der Waals surface area (Å²) >= 11 is 0. The highest BCUT2D eigenvalue weighted by Crippen LogP contribution is 2.25. The van der Waals surface area contributed by atoms with E-state index in [0.717, 1.165) is 27.8 Å². The Morgan fingerprint density at radius 1 is 1.16 bits per heavy atom. The zero-order valence-electron chi connectivity index (χ0n) is 13.7. The van der Waals surface area contributed by atoms with Gasteiger partial charge < -0.3 is 10.1 Å². The fourth-order valence-corrected chi connectivity index (χ4v) is 3.24. The molecule has 3 aromatic heterocycles. The van der Waals surface area contributed by atoms with Crippen LogP contribution in [0.25, 0.3) is 27.7 Å². The van der Waals surface area contributed by atoms with Gasteiger partial charge in [-0.25, -0.2) is 9.97 Å². The van der Waals surface area contributed by atoms with E-state index in [0.29, 0.717) is 24.4 Å². The lowest BCUT2D eigenvalue weighted by Crippen LogP contribution is -2.48. The van der Waals surface area contributed by atoms with Crippen molar-refractivity contribution in [2.75, 3.05) is 13.2 Å². The number of carbonyl (C=O) groups excluding carboxylic acids is 1. The Kier molecular flexibility index (Phi) is 3.02. The van der Waals surface area contributed by atoms with Gasteiger partial charge in [0.2, 0.25) is 0 Å². The maximum Gasteiger partial charge on any atom is 0.255 e. The summed E-state index contributed by atoms with van der Waals surface area (Å²) in [5.41, 5.74) is 4.72. The molecule has 0 bridgehead atoms. The fourth-order valence-electron chi connectivity index (χ4n) is 3.24. The van der Waals surface area contributed by atoms with Crippen LogP contribution >= 0.6 is 0 Å². The first kappa shape index (κ1) is 14.4. The van der Waals surface area contributed by atoms with E-state index >= 15 is 0 Å². The summed E-state index contributed by atoms with van der Waals surface area (Å²) < 4.78 is 7.12. The number of hydrogen-bond donors (Lipinski definition) is 1. The van der Waals surface area contributed by atoms with Gasteiger partial charge in [0.15, 0.2) is 5.65 Å². The Bertz CT molecular complexity index is 1140. The van der Waals surface area contributed by atoms with Crippen molar-refractivity contribution in [2.24, 2.45) is 0 Å². The highest BCUT2D eigenvalue weighted by atomic mass is 16.5. The van der Waals surface area contributed by atoms with Gasteiger partial charge in [0.1, 0.15) is 5.65 Å². The largest absolute Gasteiger partial charge is 0.377 e. The van der Waals surface area contributed by atoms with Crippen LogP contribution in [0, 0.1) is 6.92 Å². The molecule has 0 atom stereocenters. The van der Waals surface area contributed by atoms with Crippen LogP contribution < -0.4 is 5.32 Å². The molecule has 1 N–H and O–H groups in total. The van der Waals surface area contributed by atoms with Gasteiger partial charge in [0.05, 0.1) is 35.9 Å². The summed E-state index contributed by atoms with van der Waals surface area (Å²) in [4.78, 5) is 22.2.